The van der Waals surface area contributed by atoms with Crippen molar-refractivity contribution in [1.29, 1.82) is 0 Å². The quantitative estimate of drug-likeness (QED) is 0.585. The summed E-state index contributed by atoms with van der Waals surface area (Å²) in [6, 6.07) is 7.33. The van der Waals surface area contributed by atoms with Crippen LogP contribution in [-0.4, -0.2) is 54.7 Å². The highest BCUT2D eigenvalue weighted by atomic mass is 32.2. The van der Waals surface area contributed by atoms with Gasteiger partial charge in [-0.25, -0.2) is 30.7 Å². The number of aryl methyl sites for hydroxylation is 1. The van der Waals surface area contributed by atoms with Crippen molar-refractivity contribution >= 4 is 49.3 Å². The van der Waals surface area contributed by atoms with Gasteiger partial charge in [0.05, 0.1) is 47.4 Å². The fourth-order valence-corrected chi connectivity index (χ4v) is 6.02. The van der Waals surface area contributed by atoms with Gasteiger partial charge in [-0.05, 0) is 42.8 Å². The minimum Gasteiger partial charge on any atom is -0.465 e. The molecule has 0 radical (unpaired) electrons. The van der Waals surface area contributed by atoms with Crippen molar-refractivity contribution in [3.63, 3.8) is 0 Å². The molecule has 1 aliphatic heterocycles. The van der Waals surface area contributed by atoms with Gasteiger partial charge in [0.25, 0.3) is 10.0 Å². The molecule has 1 heterocycles. The van der Waals surface area contributed by atoms with Crippen molar-refractivity contribution in [3.8, 4) is 0 Å². The highest BCUT2D eigenvalue weighted by molar-refractivity contribution is 7.94. The van der Waals surface area contributed by atoms with E-state index in [1.54, 1.807) is 0 Å². The Morgan fingerprint density at radius 2 is 1.70 bits per heavy atom. The van der Waals surface area contributed by atoms with Gasteiger partial charge in [0, 0.05) is 6.42 Å². The molecule has 2 aromatic rings. The van der Waals surface area contributed by atoms with Crippen LogP contribution in [0.5, 0.6) is 0 Å². The first-order valence-electron chi connectivity index (χ1n) is 9.41. The molecule has 1 aliphatic rings. The summed E-state index contributed by atoms with van der Waals surface area (Å²) in [5.74, 6) is -2.66. The molecule has 0 spiro atoms. The van der Waals surface area contributed by atoms with Crippen molar-refractivity contribution in [2.75, 3.05) is 29.0 Å². The van der Waals surface area contributed by atoms with Crippen LogP contribution >= 0.6 is 0 Å². The first-order valence-corrected chi connectivity index (χ1v) is 12.5. The third-order valence-corrected chi connectivity index (χ3v) is 8.06. The van der Waals surface area contributed by atoms with Crippen molar-refractivity contribution in [3.05, 3.63) is 53.1 Å². The van der Waals surface area contributed by atoms with E-state index in [0.717, 1.165) is 26.4 Å². The maximum atomic E-state index is 13.2. The summed E-state index contributed by atoms with van der Waals surface area (Å²) in [7, 11) is -6.06. The molecule has 0 atom stereocenters. The summed E-state index contributed by atoms with van der Waals surface area (Å²) in [5, 5.41) is 0. The van der Waals surface area contributed by atoms with Crippen LogP contribution in [-0.2, 0) is 34.3 Å². The molecule has 0 saturated carbocycles. The second kappa shape index (κ2) is 8.83. The van der Waals surface area contributed by atoms with Crippen molar-refractivity contribution in [1.82, 2.24) is 0 Å². The monoisotopic (exact) mass is 496 g/mol. The number of esters is 2. The second-order valence-corrected chi connectivity index (χ2v) is 10.6. The van der Waals surface area contributed by atoms with Crippen molar-refractivity contribution in [2.24, 2.45) is 0 Å². The van der Waals surface area contributed by atoms with Crippen LogP contribution in [0.25, 0.3) is 0 Å². The van der Waals surface area contributed by atoms with Gasteiger partial charge >= 0.3 is 11.9 Å². The maximum absolute atomic E-state index is 13.2. The lowest BCUT2D eigenvalue weighted by Gasteiger charge is -2.18. The lowest BCUT2D eigenvalue weighted by molar-refractivity contribution is -0.116. The number of ether oxygens (including phenoxy) is 2. The van der Waals surface area contributed by atoms with E-state index in [4.69, 9.17) is 0 Å². The SMILES string of the molecule is COC(=O)c1ccc(C(=O)OC)c(NS(=O)(=O)c2cc(N3C(=O)CCS3(=O)=O)ccc2C)c1. The van der Waals surface area contributed by atoms with E-state index in [1.807, 2.05) is 0 Å². The number of amides is 1. The maximum Gasteiger partial charge on any atom is 0.339 e. The van der Waals surface area contributed by atoms with E-state index in [9.17, 15) is 31.2 Å². The first kappa shape index (κ1) is 24.2. The number of carbonyl (C=O) groups excluding carboxylic acids is 3. The van der Waals surface area contributed by atoms with Gasteiger partial charge in [-0.1, -0.05) is 6.07 Å². The number of nitrogens with zero attached hydrogens (tertiary/aromatic N) is 1. The minimum atomic E-state index is -4.41. The lowest BCUT2D eigenvalue weighted by Crippen LogP contribution is -2.29. The van der Waals surface area contributed by atoms with Crippen LogP contribution in [0.15, 0.2) is 41.3 Å². The summed E-state index contributed by atoms with van der Waals surface area (Å²) in [4.78, 5) is 35.8. The minimum absolute atomic E-state index is 0.0258. The number of hydrogen-bond donors (Lipinski definition) is 1. The lowest BCUT2D eigenvalue weighted by atomic mass is 10.1. The number of nitrogens with one attached hydrogen (secondary N) is 1. The Bertz CT molecular complexity index is 1370. The Hall–Kier alpha value is -3.45. The number of anilines is 2. The average molecular weight is 497 g/mol. The third kappa shape index (κ3) is 4.68. The van der Waals surface area contributed by atoms with Gasteiger partial charge in [0.15, 0.2) is 0 Å². The predicted octanol–water partition coefficient (Wildman–Crippen LogP) is 1.44. The van der Waals surface area contributed by atoms with E-state index < -0.39 is 37.9 Å². The zero-order valence-corrected chi connectivity index (χ0v) is 19.4. The normalized spacial score (nSPS) is 15.2. The summed E-state index contributed by atoms with van der Waals surface area (Å²) in [6.07, 6.45) is -0.209. The summed E-state index contributed by atoms with van der Waals surface area (Å²) >= 11 is 0. The van der Waals surface area contributed by atoms with Crippen LogP contribution in [0, 0.1) is 6.92 Å². The fraction of sp³-hybridized carbons (Fsp3) is 0.250. The Labute approximate surface area is 190 Å². The number of hydrogen-bond acceptors (Lipinski definition) is 9. The topological polar surface area (TPSA) is 153 Å². The summed E-state index contributed by atoms with van der Waals surface area (Å²) in [6.45, 7) is 1.48. The Morgan fingerprint density at radius 1 is 1.03 bits per heavy atom. The van der Waals surface area contributed by atoms with Crippen molar-refractivity contribution < 1.29 is 40.7 Å². The molecule has 1 fully saturated rings. The summed E-state index contributed by atoms with van der Waals surface area (Å²) in [5.41, 5.74) is -0.319. The third-order valence-electron chi connectivity index (χ3n) is 4.86. The van der Waals surface area contributed by atoms with Gasteiger partial charge in [0.1, 0.15) is 0 Å². The van der Waals surface area contributed by atoms with E-state index in [-0.39, 0.29) is 45.1 Å². The van der Waals surface area contributed by atoms with Gasteiger partial charge in [0.2, 0.25) is 15.9 Å². The number of methoxy groups -OCH3 is 2. The number of benzene rings is 2. The molecule has 0 aliphatic carbocycles. The van der Waals surface area contributed by atoms with Gasteiger partial charge in [-0.3, -0.25) is 9.52 Å². The molecule has 0 unspecified atom stereocenters. The van der Waals surface area contributed by atoms with E-state index >= 15 is 0 Å². The molecular weight excluding hydrogens is 476 g/mol. The summed E-state index contributed by atoms with van der Waals surface area (Å²) < 4.78 is 63.0. The number of rotatable bonds is 6. The second-order valence-electron chi connectivity index (χ2n) is 7.02. The molecule has 13 heteroatoms. The Balaban J connectivity index is 2.10. The largest absolute Gasteiger partial charge is 0.465 e. The molecular formula is C20H20N2O9S2. The van der Waals surface area contributed by atoms with Crippen LogP contribution in [0.1, 0.15) is 32.7 Å². The Kier molecular flexibility index (Phi) is 6.47. The van der Waals surface area contributed by atoms with Crippen LogP contribution in [0.2, 0.25) is 0 Å². The van der Waals surface area contributed by atoms with Gasteiger partial charge < -0.3 is 9.47 Å². The van der Waals surface area contributed by atoms with Crippen LogP contribution in [0.3, 0.4) is 0 Å². The van der Waals surface area contributed by atoms with Crippen LogP contribution < -0.4 is 9.03 Å². The number of sulfonamides is 2. The zero-order valence-electron chi connectivity index (χ0n) is 17.8. The first-order chi connectivity index (χ1) is 15.4. The van der Waals surface area contributed by atoms with Gasteiger partial charge in [-0.2, -0.15) is 0 Å². The van der Waals surface area contributed by atoms with E-state index in [2.05, 4.69) is 14.2 Å². The molecule has 33 heavy (non-hydrogen) atoms. The van der Waals surface area contributed by atoms with Crippen molar-refractivity contribution in [2.45, 2.75) is 18.2 Å². The van der Waals surface area contributed by atoms with E-state index in [1.165, 1.54) is 31.2 Å². The molecule has 0 aromatic heterocycles. The molecule has 11 nitrogen and oxygen atoms in total. The molecule has 3 rings (SSSR count). The van der Waals surface area contributed by atoms with Crippen LogP contribution in [0.4, 0.5) is 11.4 Å². The molecule has 1 amide bonds. The molecule has 0 bridgehead atoms. The average Bonchev–Trinajstić information content (AvgIpc) is 3.04. The fourth-order valence-electron chi connectivity index (χ4n) is 3.23. The highest BCUT2D eigenvalue weighted by Crippen LogP contribution is 2.31. The van der Waals surface area contributed by atoms with Gasteiger partial charge in [-0.15, -0.1) is 0 Å². The number of carbonyl (C=O) groups is 3. The smallest absolute Gasteiger partial charge is 0.339 e. The Morgan fingerprint density at radius 3 is 2.27 bits per heavy atom. The standard InChI is InChI=1S/C20H20N2O9S2/c1-12-4-6-14(22-18(23)8-9-32(22,26)27)11-17(12)33(28,29)21-16-10-13(19(24)30-2)5-7-15(16)20(25)31-3/h4-7,10-11,21H,8-9H2,1-3H3. The van der Waals surface area contributed by atoms with E-state index in [0.29, 0.717) is 4.31 Å². The predicted molar refractivity (Wildman–Crippen MR) is 117 cm³/mol. The molecule has 1 N–H and O–H groups in total. The highest BCUT2D eigenvalue weighted by Gasteiger charge is 2.37. The molecule has 176 valence electrons. The zero-order chi connectivity index (χ0) is 24.6. The molecule has 1 saturated heterocycles. The molecule has 2 aromatic carbocycles.